The third-order valence-corrected chi connectivity index (χ3v) is 4.43. The first-order valence-corrected chi connectivity index (χ1v) is 9.47. The molecule has 1 atom stereocenters. The highest BCUT2D eigenvalue weighted by Crippen LogP contribution is 2.21. The van der Waals surface area contributed by atoms with Crippen LogP contribution in [-0.2, 0) is 17.7 Å². The molecule has 1 saturated heterocycles. The standard InChI is InChI=1S/C21H28FN3O2/c1-21(2,3)27-20-19(23-10-11-24-20)15-25-12-13-26-17(14-25)9-8-16-6-4-5-7-18(16)22/h4-7,10-11,17H,8-9,12-15H2,1-3H3. The van der Waals surface area contributed by atoms with Gasteiger partial charge in [-0.15, -0.1) is 0 Å². The Morgan fingerprint density at radius 1 is 1.22 bits per heavy atom. The molecule has 27 heavy (non-hydrogen) atoms. The molecule has 3 rings (SSSR count). The number of rotatable bonds is 6. The van der Waals surface area contributed by atoms with Gasteiger partial charge in [0.25, 0.3) is 0 Å². The Balaban J connectivity index is 1.58. The van der Waals surface area contributed by atoms with Crippen LogP contribution in [0.5, 0.6) is 5.88 Å². The predicted molar refractivity (Wildman–Crippen MR) is 102 cm³/mol. The van der Waals surface area contributed by atoms with E-state index in [1.165, 1.54) is 6.07 Å². The molecule has 0 N–H and O–H groups in total. The molecule has 0 bridgehead atoms. The summed E-state index contributed by atoms with van der Waals surface area (Å²) in [5.74, 6) is 0.438. The average Bonchev–Trinajstić information content (AvgIpc) is 2.62. The number of ether oxygens (including phenoxy) is 2. The molecule has 1 aromatic heterocycles. The van der Waals surface area contributed by atoms with Crippen molar-refractivity contribution in [3.05, 3.63) is 53.7 Å². The molecular formula is C21H28FN3O2. The van der Waals surface area contributed by atoms with E-state index >= 15 is 0 Å². The molecule has 0 radical (unpaired) electrons. The third-order valence-electron chi connectivity index (χ3n) is 4.43. The number of morpholine rings is 1. The van der Waals surface area contributed by atoms with Gasteiger partial charge in [0.15, 0.2) is 0 Å². The van der Waals surface area contributed by atoms with Crippen molar-refractivity contribution in [1.82, 2.24) is 14.9 Å². The van der Waals surface area contributed by atoms with Gasteiger partial charge in [-0.25, -0.2) is 9.37 Å². The number of halogens is 1. The minimum atomic E-state index is -0.321. The summed E-state index contributed by atoms with van der Waals surface area (Å²) >= 11 is 0. The van der Waals surface area contributed by atoms with Crippen molar-refractivity contribution in [3.63, 3.8) is 0 Å². The molecule has 0 aliphatic carbocycles. The Hall–Kier alpha value is -2.05. The lowest BCUT2D eigenvalue weighted by atomic mass is 10.1. The molecule has 2 aromatic rings. The first kappa shape index (κ1) is 19.7. The van der Waals surface area contributed by atoms with Crippen LogP contribution in [-0.4, -0.2) is 46.3 Å². The van der Waals surface area contributed by atoms with Crippen molar-refractivity contribution in [3.8, 4) is 5.88 Å². The van der Waals surface area contributed by atoms with Gasteiger partial charge in [0.1, 0.15) is 17.1 Å². The van der Waals surface area contributed by atoms with Crippen molar-refractivity contribution in [2.75, 3.05) is 19.7 Å². The minimum absolute atomic E-state index is 0.0852. The van der Waals surface area contributed by atoms with Crippen LogP contribution < -0.4 is 4.74 Å². The number of nitrogens with zero attached hydrogens (tertiary/aromatic N) is 3. The monoisotopic (exact) mass is 373 g/mol. The molecule has 0 saturated carbocycles. The lowest BCUT2D eigenvalue weighted by molar-refractivity contribution is -0.0355. The summed E-state index contributed by atoms with van der Waals surface area (Å²) < 4.78 is 25.6. The van der Waals surface area contributed by atoms with Gasteiger partial charge >= 0.3 is 0 Å². The van der Waals surface area contributed by atoms with Gasteiger partial charge in [-0.1, -0.05) is 18.2 Å². The van der Waals surface area contributed by atoms with Crippen LogP contribution in [0.2, 0.25) is 0 Å². The van der Waals surface area contributed by atoms with E-state index in [1.807, 2.05) is 32.9 Å². The Labute approximate surface area is 160 Å². The van der Waals surface area contributed by atoms with E-state index in [-0.39, 0.29) is 17.5 Å². The fraction of sp³-hybridized carbons (Fsp3) is 0.524. The van der Waals surface area contributed by atoms with Gasteiger partial charge in [-0.2, -0.15) is 0 Å². The normalized spacial score (nSPS) is 18.4. The molecular weight excluding hydrogens is 345 g/mol. The molecule has 5 nitrogen and oxygen atoms in total. The summed E-state index contributed by atoms with van der Waals surface area (Å²) in [5.41, 5.74) is 1.26. The van der Waals surface area contributed by atoms with E-state index < -0.39 is 0 Å². The highest BCUT2D eigenvalue weighted by atomic mass is 19.1. The third kappa shape index (κ3) is 5.97. The number of hydrogen-bond acceptors (Lipinski definition) is 5. The summed E-state index contributed by atoms with van der Waals surface area (Å²) in [6, 6.07) is 6.94. The smallest absolute Gasteiger partial charge is 0.237 e. The lowest BCUT2D eigenvalue weighted by Gasteiger charge is -2.33. The molecule has 1 aromatic carbocycles. The van der Waals surface area contributed by atoms with Crippen LogP contribution in [0, 0.1) is 5.82 Å². The van der Waals surface area contributed by atoms with Gasteiger partial charge in [-0.05, 0) is 45.2 Å². The quantitative estimate of drug-likeness (QED) is 0.774. The van der Waals surface area contributed by atoms with E-state index in [0.29, 0.717) is 25.5 Å². The SMILES string of the molecule is CC(C)(C)Oc1nccnc1CN1CCOC(CCc2ccccc2F)C1. The van der Waals surface area contributed by atoms with E-state index in [1.54, 1.807) is 18.5 Å². The van der Waals surface area contributed by atoms with Gasteiger partial charge in [0.2, 0.25) is 5.88 Å². The summed E-state index contributed by atoms with van der Waals surface area (Å²) in [7, 11) is 0. The number of aryl methyl sites for hydroxylation is 1. The molecule has 0 spiro atoms. The summed E-state index contributed by atoms with van der Waals surface area (Å²) in [4.78, 5) is 11.1. The van der Waals surface area contributed by atoms with Crippen molar-refractivity contribution < 1.29 is 13.9 Å². The van der Waals surface area contributed by atoms with Gasteiger partial charge in [-0.3, -0.25) is 9.88 Å². The van der Waals surface area contributed by atoms with Crippen LogP contribution >= 0.6 is 0 Å². The van der Waals surface area contributed by atoms with E-state index in [4.69, 9.17) is 9.47 Å². The second-order valence-corrected chi connectivity index (χ2v) is 7.88. The zero-order chi connectivity index (χ0) is 19.3. The summed E-state index contributed by atoms with van der Waals surface area (Å²) in [6.45, 7) is 8.95. The van der Waals surface area contributed by atoms with Crippen molar-refractivity contribution in [1.29, 1.82) is 0 Å². The van der Waals surface area contributed by atoms with E-state index in [9.17, 15) is 4.39 Å². The zero-order valence-electron chi connectivity index (χ0n) is 16.3. The minimum Gasteiger partial charge on any atom is -0.471 e. The zero-order valence-corrected chi connectivity index (χ0v) is 16.3. The van der Waals surface area contributed by atoms with Crippen LogP contribution in [0.1, 0.15) is 38.4 Å². The second kappa shape index (κ2) is 8.76. The Kier molecular flexibility index (Phi) is 6.39. The summed E-state index contributed by atoms with van der Waals surface area (Å²) in [6.07, 6.45) is 4.90. The van der Waals surface area contributed by atoms with Gasteiger partial charge < -0.3 is 9.47 Å². The second-order valence-electron chi connectivity index (χ2n) is 7.88. The summed E-state index contributed by atoms with van der Waals surface area (Å²) in [5, 5.41) is 0. The van der Waals surface area contributed by atoms with Gasteiger partial charge in [0, 0.05) is 32.0 Å². The maximum absolute atomic E-state index is 13.8. The maximum atomic E-state index is 13.8. The van der Waals surface area contributed by atoms with Crippen LogP contribution in [0.3, 0.4) is 0 Å². The first-order valence-electron chi connectivity index (χ1n) is 9.47. The Morgan fingerprint density at radius 2 is 2.00 bits per heavy atom. The molecule has 1 aliphatic heterocycles. The van der Waals surface area contributed by atoms with Crippen molar-refractivity contribution in [2.24, 2.45) is 0 Å². The average molecular weight is 373 g/mol. The van der Waals surface area contributed by atoms with Crippen molar-refractivity contribution >= 4 is 0 Å². The Bertz CT molecular complexity index is 748. The molecule has 2 heterocycles. The van der Waals surface area contributed by atoms with Crippen LogP contribution in [0.4, 0.5) is 4.39 Å². The highest BCUT2D eigenvalue weighted by molar-refractivity contribution is 5.19. The largest absolute Gasteiger partial charge is 0.471 e. The number of hydrogen-bond donors (Lipinski definition) is 0. The topological polar surface area (TPSA) is 47.5 Å². The fourth-order valence-corrected chi connectivity index (χ4v) is 3.17. The fourth-order valence-electron chi connectivity index (χ4n) is 3.17. The first-order chi connectivity index (χ1) is 12.9. The Morgan fingerprint density at radius 3 is 2.78 bits per heavy atom. The molecule has 6 heteroatoms. The molecule has 146 valence electrons. The van der Waals surface area contributed by atoms with Crippen LogP contribution in [0.25, 0.3) is 0 Å². The van der Waals surface area contributed by atoms with Gasteiger partial charge in [0.05, 0.1) is 12.7 Å². The van der Waals surface area contributed by atoms with E-state index in [0.717, 1.165) is 30.8 Å². The van der Waals surface area contributed by atoms with Crippen molar-refractivity contribution in [2.45, 2.75) is 51.9 Å². The molecule has 1 aliphatic rings. The molecule has 0 amide bonds. The molecule has 1 fully saturated rings. The van der Waals surface area contributed by atoms with E-state index in [2.05, 4.69) is 14.9 Å². The highest BCUT2D eigenvalue weighted by Gasteiger charge is 2.23. The molecule has 1 unspecified atom stereocenters. The predicted octanol–water partition coefficient (Wildman–Crippen LogP) is 3.63. The lowest BCUT2D eigenvalue weighted by Crippen LogP contribution is -2.42. The van der Waals surface area contributed by atoms with Crippen LogP contribution in [0.15, 0.2) is 36.7 Å². The number of aromatic nitrogens is 2. The number of benzene rings is 1. The maximum Gasteiger partial charge on any atom is 0.237 e.